The first kappa shape index (κ1) is 16.0. The number of para-hydroxylation sites is 2. The highest BCUT2D eigenvalue weighted by Gasteiger charge is 2.46. The van der Waals surface area contributed by atoms with E-state index in [9.17, 15) is 8.42 Å². The first-order valence-electron chi connectivity index (χ1n) is 8.47. The van der Waals surface area contributed by atoms with Crippen molar-refractivity contribution in [3.63, 3.8) is 0 Å². The Morgan fingerprint density at radius 3 is 2.00 bits per heavy atom. The summed E-state index contributed by atoms with van der Waals surface area (Å²) in [6.07, 6.45) is 0. The van der Waals surface area contributed by atoms with E-state index in [4.69, 9.17) is 0 Å². The number of rotatable bonds is 1. The van der Waals surface area contributed by atoms with Gasteiger partial charge in [-0.15, -0.1) is 0 Å². The van der Waals surface area contributed by atoms with Gasteiger partial charge < -0.3 is 4.57 Å². The van der Waals surface area contributed by atoms with Crippen LogP contribution in [0.5, 0.6) is 0 Å². The predicted octanol–water partition coefficient (Wildman–Crippen LogP) is 5.40. The van der Waals surface area contributed by atoms with Crippen LogP contribution in [0.4, 0.5) is 0 Å². The van der Waals surface area contributed by atoms with Crippen molar-refractivity contribution in [2.24, 2.45) is 0 Å². The molecule has 0 saturated heterocycles. The van der Waals surface area contributed by atoms with E-state index in [-0.39, 0.29) is 0 Å². The molecule has 0 N–H and O–H groups in total. The standard InChI is InChI=1S/C21H17NO2S2/c1-21(2)25-20-18(12-7-13-19(20)26(21,23)24)22-16-10-5-3-8-14(16)15-9-4-6-11-17(15)22/h3-13H,1-2H3. The van der Waals surface area contributed by atoms with Crippen molar-refractivity contribution in [3.8, 4) is 5.69 Å². The highest BCUT2D eigenvalue weighted by atomic mass is 32.3. The third-order valence-electron chi connectivity index (χ3n) is 5.06. The maximum absolute atomic E-state index is 12.9. The van der Waals surface area contributed by atoms with Crippen LogP contribution in [-0.2, 0) is 9.84 Å². The molecule has 1 aromatic heterocycles. The molecule has 26 heavy (non-hydrogen) atoms. The van der Waals surface area contributed by atoms with E-state index >= 15 is 0 Å². The number of hydrogen-bond acceptors (Lipinski definition) is 3. The summed E-state index contributed by atoms with van der Waals surface area (Å²) in [5, 5.41) is 2.34. The van der Waals surface area contributed by atoms with Crippen molar-refractivity contribution < 1.29 is 8.42 Å². The summed E-state index contributed by atoms with van der Waals surface area (Å²) in [5.74, 6) is 0. The zero-order chi connectivity index (χ0) is 18.1. The van der Waals surface area contributed by atoms with E-state index in [0.717, 1.165) is 21.6 Å². The number of thioether (sulfide) groups is 1. The first-order valence-corrected chi connectivity index (χ1v) is 10.8. The molecule has 0 fully saturated rings. The van der Waals surface area contributed by atoms with Gasteiger partial charge in [0.1, 0.15) is 4.08 Å². The molecule has 0 bridgehead atoms. The van der Waals surface area contributed by atoms with E-state index in [1.165, 1.54) is 22.5 Å². The van der Waals surface area contributed by atoms with E-state index < -0.39 is 13.9 Å². The quantitative estimate of drug-likeness (QED) is 0.444. The van der Waals surface area contributed by atoms with Gasteiger partial charge in [0.2, 0.25) is 0 Å². The molecule has 130 valence electrons. The fourth-order valence-electron chi connectivity index (χ4n) is 3.74. The van der Waals surface area contributed by atoms with Gasteiger partial charge in [-0.1, -0.05) is 54.2 Å². The van der Waals surface area contributed by atoms with Crippen LogP contribution in [0.3, 0.4) is 0 Å². The zero-order valence-corrected chi connectivity index (χ0v) is 16.1. The smallest absolute Gasteiger partial charge is 0.194 e. The Balaban J connectivity index is 1.94. The van der Waals surface area contributed by atoms with Crippen LogP contribution in [0.2, 0.25) is 0 Å². The van der Waals surface area contributed by atoms with E-state index in [1.54, 1.807) is 19.9 Å². The molecule has 5 heteroatoms. The minimum atomic E-state index is -3.35. The molecule has 1 aliphatic heterocycles. The molecule has 0 saturated carbocycles. The number of benzene rings is 3. The Morgan fingerprint density at radius 2 is 1.38 bits per heavy atom. The average Bonchev–Trinajstić information content (AvgIpc) is 3.05. The summed E-state index contributed by atoms with van der Waals surface area (Å²) < 4.78 is 27.2. The summed E-state index contributed by atoms with van der Waals surface area (Å²) in [5.41, 5.74) is 3.11. The fourth-order valence-corrected chi connectivity index (χ4v) is 7.21. The Hall–Kier alpha value is -2.24. The van der Waals surface area contributed by atoms with Crippen molar-refractivity contribution >= 4 is 43.4 Å². The predicted molar refractivity (Wildman–Crippen MR) is 108 cm³/mol. The summed E-state index contributed by atoms with van der Waals surface area (Å²) in [6.45, 7) is 3.56. The summed E-state index contributed by atoms with van der Waals surface area (Å²) in [4.78, 5) is 1.27. The molecule has 3 aromatic carbocycles. The Kier molecular flexibility index (Phi) is 3.16. The number of hydrogen-bond donors (Lipinski definition) is 0. The molecule has 0 atom stereocenters. The second kappa shape index (κ2) is 5.15. The lowest BCUT2D eigenvalue weighted by molar-refractivity contribution is 0.583. The zero-order valence-electron chi connectivity index (χ0n) is 14.4. The number of fused-ring (bicyclic) bond motifs is 4. The molecular formula is C21H17NO2S2. The van der Waals surface area contributed by atoms with Crippen molar-refractivity contribution in [1.29, 1.82) is 0 Å². The lowest BCUT2D eigenvalue weighted by Crippen LogP contribution is -2.22. The number of aromatic nitrogens is 1. The second-order valence-electron chi connectivity index (χ2n) is 6.98. The normalized spacial score (nSPS) is 17.6. The molecular weight excluding hydrogens is 362 g/mol. The van der Waals surface area contributed by atoms with Crippen LogP contribution in [0.1, 0.15) is 13.8 Å². The summed E-state index contributed by atoms with van der Waals surface area (Å²) in [7, 11) is -3.35. The minimum absolute atomic E-state index is 0.437. The molecule has 4 aromatic rings. The minimum Gasteiger partial charge on any atom is -0.308 e. The summed E-state index contributed by atoms with van der Waals surface area (Å²) >= 11 is 1.43. The summed E-state index contributed by atoms with van der Waals surface area (Å²) in [6, 6.07) is 22.1. The number of sulfone groups is 1. The van der Waals surface area contributed by atoms with Gasteiger partial charge in [0, 0.05) is 10.8 Å². The monoisotopic (exact) mass is 379 g/mol. The Morgan fingerprint density at radius 1 is 0.808 bits per heavy atom. The van der Waals surface area contributed by atoms with Crippen molar-refractivity contribution in [2.45, 2.75) is 27.7 Å². The molecule has 0 unspecified atom stereocenters. The van der Waals surface area contributed by atoms with Gasteiger partial charge in [-0.2, -0.15) is 0 Å². The average molecular weight is 380 g/mol. The maximum Gasteiger partial charge on any atom is 0.194 e. The first-order chi connectivity index (χ1) is 12.4. The van der Waals surface area contributed by atoms with Crippen LogP contribution < -0.4 is 0 Å². The van der Waals surface area contributed by atoms with E-state index in [2.05, 4.69) is 28.8 Å². The third-order valence-corrected chi connectivity index (χ3v) is 9.44. The Bertz CT molecular complexity index is 1250. The molecule has 2 heterocycles. The molecule has 0 radical (unpaired) electrons. The van der Waals surface area contributed by atoms with Crippen LogP contribution in [0.15, 0.2) is 76.5 Å². The largest absolute Gasteiger partial charge is 0.308 e. The lowest BCUT2D eigenvalue weighted by Gasteiger charge is -2.15. The van der Waals surface area contributed by atoms with Crippen LogP contribution in [0, 0.1) is 0 Å². The van der Waals surface area contributed by atoms with Gasteiger partial charge in [0.25, 0.3) is 0 Å². The molecule has 0 aliphatic carbocycles. The van der Waals surface area contributed by atoms with Crippen LogP contribution >= 0.6 is 11.8 Å². The van der Waals surface area contributed by atoms with Crippen LogP contribution in [-0.4, -0.2) is 17.1 Å². The third kappa shape index (κ3) is 1.93. The van der Waals surface area contributed by atoms with Crippen LogP contribution in [0.25, 0.3) is 27.5 Å². The van der Waals surface area contributed by atoms with Gasteiger partial charge in [-0.05, 0) is 38.1 Å². The molecule has 0 spiro atoms. The fraction of sp³-hybridized carbons (Fsp3) is 0.143. The Labute approximate surface area is 156 Å². The van der Waals surface area contributed by atoms with E-state index in [0.29, 0.717) is 4.90 Å². The van der Waals surface area contributed by atoms with Gasteiger partial charge in [-0.3, -0.25) is 0 Å². The van der Waals surface area contributed by atoms with Gasteiger partial charge in [-0.25, -0.2) is 8.42 Å². The topological polar surface area (TPSA) is 39.1 Å². The van der Waals surface area contributed by atoms with E-state index in [1.807, 2.05) is 36.4 Å². The van der Waals surface area contributed by atoms with Gasteiger partial charge in [0.15, 0.2) is 9.84 Å². The second-order valence-corrected chi connectivity index (χ2v) is 11.3. The van der Waals surface area contributed by atoms with Crippen molar-refractivity contribution in [1.82, 2.24) is 4.57 Å². The van der Waals surface area contributed by atoms with Gasteiger partial charge >= 0.3 is 0 Å². The molecule has 3 nitrogen and oxygen atoms in total. The lowest BCUT2D eigenvalue weighted by atomic mass is 10.2. The van der Waals surface area contributed by atoms with Gasteiger partial charge in [0.05, 0.1) is 26.5 Å². The SMILES string of the molecule is CC1(C)Sc2c(-n3c4ccccc4c4ccccc43)cccc2S1(=O)=O. The molecule has 5 rings (SSSR count). The molecule has 0 amide bonds. The number of nitrogens with zero attached hydrogens (tertiary/aromatic N) is 1. The highest BCUT2D eigenvalue weighted by molar-refractivity contribution is 8.17. The molecule has 1 aliphatic rings. The highest BCUT2D eigenvalue weighted by Crippen LogP contribution is 2.53. The van der Waals surface area contributed by atoms with Crippen molar-refractivity contribution in [3.05, 3.63) is 66.7 Å². The van der Waals surface area contributed by atoms with Crippen molar-refractivity contribution in [2.75, 3.05) is 0 Å². The maximum atomic E-state index is 12.9.